The summed E-state index contributed by atoms with van der Waals surface area (Å²) in [5.74, 6) is 0. The van der Waals surface area contributed by atoms with Crippen molar-refractivity contribution in [2.75, 3.05) is 52.7 Å². The van der Waals surface area contributed by atoms with Crippen molar-refractivity contribution in [2.24, 2.45) is 0 Å². The van der Waals surface area contributed by atoms with Gasteiger partial charge in [-0.3, -0.25) is 0 Å². The van der Waals surface area contributed by atoms with Gasteiger partial charge in [0.2, 0.25) is 13.1 Å². The van der Waals surface area contributed by atoms with Crippen LogP contribution in [0.2, 0.25) is 0 Å². The molecule has 0 saturated heterocycles. The van der Waals surface area contributed by atoms with Gasteiger partial charge in [0, 0.05) is 13.2 Å². The maximum atomic E-state index is 8.69. The van der Waals surface area contributed by atoms with Crippen molar-refractivity contribution in [1.82, 2.24) is 0 Å². The molecule has 0 spiro atoms. The summed E-state index contributed by atoms with van der Waals surface area (Å²) in [6, 6.07) is 4.06. The molecule has 0 heterocycles. The Bertz CT molecular complexity index is 455. The van der Waals surface area contributed by atoms with Crippen LogP contribution in [0, 0.1) is 35.8 Å². The fourth-order valence-corrected chi connectivity index (χ4v) is 2.09. The van der Waals surface area contributed by atoms with Gasteiger partial charge in [0.05, 0.1) is 50.4 Å². The minimum absolute atomic E-state index is 0.263. The fourth-order valence-electron chi connectivity index (χ4n) is 2.09. The number of rotatable bonds is 17. The van der Waals surface area contributed by atoms with Crippen LogP contribution in [0.1, 0.15) is 25.7 Å². The number of nitriles is 2. The predicted molar refractivity (Wildman–Crippen MR) is 93.8 cm³/mol. The van der Waals surface area contributed by atoms with Crippen molar-refractivity contribution >= 4 is 0 Å². The van der Waals surface area contributed by atoms with Crippen LogP contribution in [-0.2, 0) is 18.9 Å². The zero-order valence-corrected chi connectivity index (χ0v) is 15.1. The molecule has 0 aromatic carbocycles. The summed E-state index contributed by atoms with van der Waals surface area (Å²) in [5, 5.41) is 17.2. The summed E-state index contributed by atoms with van der Waals surface area (Å²) >= 11 is 0. The lowest BCUT2D eigenvalue weighted by atomic mass is 10.1. The van der Waals surface area contributed by atoms with Crippen LogP contribution in [0.3, 0.4) is 0 Å². The van der Waals surface area contributed by atoms with Crippen LogP contribution in [-0.4, -0.2) is 64.9 Å². The van der Waals surface area contributed by atoms with E-state index in [4.69, 9.17) is 42.6 Å². The third kappa shape index (κ3) is 14.2. The fraction of sp³-hybridized carbons (Fsp3) is 0.778. The molecular weight excluding hydrogens is 336 g/mol. The van der Waals surface area contributed by atoms with E-state index in [2.05, 4.69) is 9.69 Å². The van der Waals surface area contributed by atoms with E-state index in [1.54, 1.807) is 0 Å². The minimum atomic E-state index is -0.291. The average Bonchev–Trinajstić information content (AvgIpc) is 2.65. The largest absolute Gasteiger partial charge is 0.380 e. The van der Waals surface area contributed by atoms with E-state index >= 15 is 0 Å². The molecule has 0 N–H and O–H groups in total. The molecule has 8 heteroatoms. The Kier molecular flexibility index (Phi) is 17.5. The molecule has 8 nitrogen and oxygen atoms in total. The van der Waals surface area contributed by atoms with Gasteiger partial charge < -0.3 is 28.6 Å². The molecule has 0 aliphatic carbocycles. The van der Waals surface area contributed by atoms with Gasteiger partial charge in [-0.1, -0.05) is 0 Å². The Morgan fingerprint density at radius 1 is 0.692 bits per heavy atom. The van der Waals surface area contributed by atoms with Crippen molar-refractivity contribution in [2.45, 2.75) is 37.9 Å². The van der Waals surface area contributed by atoms with E-state index < -0.39 is 0 Å². The second-order valence-corrected chi connectivity index (χ2v) is 5.20. The zero-order valence-electron chi connectivity index (χ0n) is 15.1. The smallest absolute Gasteiger partial charge is 0.237 e. The molecule has 0 bridgehead atoms. The highest BCUT2D eigenvalue weighted by Gasteiger charge is 2.23. The highest BCUT2D eigenvalue weighted by molar-refractivity contribution is 4.75. The lowest BCUT2D eigenvalue weighted by Crippen LogP contribution is -2.35. The highest BCUT2D eigenvalue weighted by atomic mass is 16.5. The van der Waals surface area contributed by atoms with E-state index in [0.717, 1.165) is 0 Å². The molecule has 2 unspecified atom stereocenters. The van der Waals surface area contributed by atoms with E-state index in [9.17, 15) is 0 Å². The molecule has 0 saturated carbocycles. The average molecular weight is 362 g/mol. The summed E-state index contributed by atoms with van der Waals surface area (Å²) in [6.07, 6.45) is 1.15. The van der Waals surface area contributed by atoms with Gasteiger partial charge in [-0.05, 0) is 12.8 Å². The zero-order chi connectivity index (χ0) is 19.3. The normalized spacial score (nSPS) is 12.3. The first-order valence-electron chi connectivity index (χ1n) is 8.59. The van der Waals surface area contributed by atoms with Crippen molar-refractivity contribution < 1.29 is 18.9 Å². The van der Waals surface area contributed by atoms with Crippen molar-refractivity contribution in [3.63, 3.8) is 0 Å². The molecule has 0 aliphatic rings. The van der Waals surface area contributed by atoms with Gasteiger partial charge in [-0.15, -0.1) is 0 Å². The molecule has 0 fully saturated rings. The molecule has 0 rings (SSSR count). The Balaban J connectivity index is 4.57. The second kappa shape index (κ2) is 19.1. The standard InChI is InChI=1S/C18H26N4O4/c1-21-9-15-24-14-6-18(26-16-10-22-2)17(25-12-4-8-20)5-13-23-11-3-7-19/h17-18H,3-6,9-16H2. The lowest BCUT2D eigenvalue weighted by Gasteiger charge is -2.27. The Labute approximate surface area is 155 Å². The maximum absolute atomic E-state index is 8.69. The molecule has 0 aromatic rings. The molecule has 2 atom stereocenters. The van der Waals surface area contributed by atoms with Crippen molar-refractivity contribution in [1.29, 1.82) is 10.5 Å². The number of hydrogen-bond donors (Lipinski definition) is 0. The van der Waals surface area contributed by atoms with Crippen LogP contribution < -0.4 is 0 Å². The van der Waals surface area contributed by atoms with Gasteiger partial charge >= 0.3 is 0 Å². The molecule has 0 aliphatic heterocycles. The first kappa shape index (κ1) is 23.8. The third-order valence-electron chi connectivity index (χ3n) is 3.29. The molecule has 0 amide bonds. The van der Waals surface area contributed by atoms with E-state index in [1.807, 2.05) is 12.1 Å². The van der Waals surface area contributed by atoms with Crippen molar-refractivity contribution in [3.05, 3.63) is 22.8 Å². The second-order valence-electron chi connectivity index (χ2n) is 5.20. The first-order valence-corrected chi connectivity index (χ1v) is 8.59. The SMILES string of the molecule is [C-]#[N+]CCOCCC(OCC[N+]#[C-])C(CCOCCC#N)OCCC#N. The summed E-state index contributed by atoms with van der Waals surface area (Å²) in [5.41, 5.74) is 0. The molecular formula is C18H26N4O4. The highest BCUT2D eigenvalue weighted by Crippen LogP contribution is 2.14. The number of ether oxygens (including phenoxy) is 4. The predicted octanol–water partition coefficient (Wildman–Crippen LogP) is 2.24. The number of hydrogen-bond acceptors (Lipinski definition) is 6. The molecule has 0 aromatic heterocycles. The van der Waals surface area contributed by atoms with Crippen LogP contribution in [0.25, 0.3) is 9.69 Å². The van der Waals surface area contributed by atoms with Crippen molar-refractivity contribution in [3.8, 4) is 12.1 Å². The summed E-state index contributed by atoms with van der Waals surface area (Å²) in [4.78, 5) is 6.51. The van der Waals surface area contributed by atoms with Gasteiger partial charge in [-0.25, -0.2) is 13.1 Å². The summed E-state index contributed by atoms with van der Waals surface area (Å²) < 4.78 is 22.4. The Hall–Kier alpha value is -2.20. The van der Waals surface area contributed by atoms with Crippen LogP contribution in [0.15, 0.2) is 0 Å². The third-order valence-corrected chi connectivity index (χ3v) is 3.29. The minimum Gasteiger partial charge on any atom is -0.380 e. The monoisotopic (exact) mass is 362 g/mol. The van der Waals surface area contributed by atoms with Gasteiger partial charge in [0.1, 0.15) is 13.2 Å². The Morgan fingerprint density at radius 3 is 1.77 bits per heavy atom. The molecule has 0 radical (unpaired) electrons. The van der Waals surface area contributed by atoms with Crippen LogP contribution in [0.4, 0.5) is 0 Å². The molecule has 26 heavy (non-hydrogen) atoms. The summed E-state index contributed by atoms with van der Waals surface area (Å²) in [7, 11) is 0. The van der Waals surface area contributed by atoms with Gasteiger partial charge in [0.15, 0.2) is 0 Å². The van der Waals surface area contributed by atoms with E-state index in [-0.39, 0.29) is 25.2 Å². The van der Waals surface area contributed by atoms with E-state index in [0.29, 0.717) is 65.4 Å². The van der Waals surface area contributed by atoms with Gasteiger partial charge in [-0.2, -0.15) is 10.5 Å². The number of nitrogens with zero attached hydrogens (tertiary/aromatic N) is 4. The first-order chi connectivity index (χ1) is 12.8. The summed E-state index contributed by atoms with van der Waals surface area (Å²) in [6.45, 7) is 16.3. The topological polar surface area (TPSA) is 93.2 Å². The Morgan fingerprint density at radius 2 is 1.19 bits per heavy atom. The lowest BCUT2D eigenvalue weighted by molar-refractivity contribution is -0.0900. The van der Waals surface area contributed by atoms with E-state index in [1.165, 1.54) is 0 Å². The quantitative estimate of drug-likeness (QED) is 0.291. The van der Waals surface area contributed by atoms with Crippen LogP contribution >= 0.6 is 0 Å². The maximum Gasteiger partial charge on any atom is 0.237 e. The van der Waals surface area contributed by atoms with Gasteiger partial charge in [0.25, 0.3) is 0 Å². The van der Waals surface area contributed by atoms with Crippen LogP contribution in [0.5, 0.6) is 0 Å². The molecule has 142 valence electrons.